The van der Waals surface area contributed by atoms with E-state index < -0.39 is 12.2 Å². The molecule has 9 nitrogen and oxygen atoms in total. The summed E-state index contributed by atoms with van der Waals surface area (Å²) < 4.78 is 17.1. The van der Waals surface area contributed by atoms with Crippen LogP contribution in [0.5, 0.6) is 5.75 Å². The molecule has 0 spiro atoms. The van der Waals surface area contributed by atoms with Crippen LogP contribution in [0, 0.1) is 0 Å². The van der Waals surface area contributed by atoms with Crippen molar-refractivity contribution >= 4 is 22.8 Å². The quantitative estimate of drug-likeness (QED) is 0.311. The highest BCUT2D eigenvalue weighted by atomic mass is 16.8. The van der Waals surface area contributed by atoms with Crippen LogP contribution in [0.4, 0.5) is 0 Å². The van der Waals surface area contributed by atoms with Crippen molar-refractivity contribution in [3.8, 4) is 17.1 Å². The Morgan fingerprint density at radius 1 is 0.923 bits per heavy atom. The van der Waals surface area contributed by atoms with Gasteiger partial charge in [-0.2, -0.15) is 0 Å². The summed E-state index contributed by atoms with van der Waals surface area (Å²) >= 11 is 0. The SMILES string of the molecule is O=C(COc1c(-c2ccccc2)oc2ccccc2c1=O)NCc1ccc(C(=O)NOC2CCCCO2)cc1. The van der Waals surface area contributed by atoms with Gasteiger partial charge in [-0.05, 0) is 42.7 Å². The van der Waals surface area contributed by atoms with Crippen molar-refractivity contribution in [1.29, 1.82) is 0 Å². The topological polar surface area (TPSA) is 116 Å². The highest BCUT2D eigenvalue weighted by Gasteiger charge is 2.19. The maximum Gasteiger partial charge on any atom is 0.274 e. The number of carbonyl (C=O) groups excluding carboxylic acids is 2. The van der Waals surface area contributed by atoms with Gasteiger partial charge in [-0.1, -0.05) is 54.6 Å². The molecule has 1 aliphatic rings. The molecule has 4 aromatic rings. The Hall–Kier alpha value is -4.47. The number of ether oxygens (including phenoxy) is 2. The summed E-state index contributed by atoms with van der Waals surface area (Å²) in [6, 6.07) is 22.8. The molecule has 2 N–H and O–H groups in total. The monoisotopic (exact) mass is 528 g/mol. The first kappa shape index (κ1) is 26.1. The number of amides is 2. The lowest BCUT2D eigenvalue weighted by Crippen LogP contribution is -2.33. The van der Waals surface area contributed by atoms with Gasteiger partial charge in [0.25, 0.3) is 11.8 Å². The first-order valence-corrected chi connectivity index (χ1v) is 12.8. The molecule has 0 radical (unpaired) electrons. The highest BCUT2D eigenvalue weighted by Crippen LogP contribution is 2.30. The first-order chi connectivity index (χ1) is 19.1. The molecular formula is C30H28N2O7. The third-order valence-corrected chi connectivity index (χ3v) is 6.27. The van der Waals surface area contributed by atoms with Gasteiger partial charge in [0.2, 0.25) is 11.2 Å². The van der Waals surface area contributed by atoms with E-state index >= 15 is 0 Å². The van der Waals surface area contributed by atoms with E-state index in [0.29, 0.717) is 28.7 Å². The number of hydroxylamine groups is 1. The smallest absolute Gasteiger partial charge is 0.274 e. The van der Waals surface area contributed by atoms with Crippen LogP contribution >= 0.6 is 0 Å². The zero-order valence-corrected chi connectivity index (χ0v) is 21.2. The normalized spacial score (nSPS) is 15.0. The average molecular weight is 529 g/mol. The minimum atomic E-state index is -0.427. The number of benzene rings is 3. The third kappa shape index (κ3) is 6.51. The molecule has 1 fully saturated rings. The Morgan fingerprint density at radius 3 is 2.46 bits per heavy atom. The predicted molar refractivity (Wildman–Crippen MR) is 144 cm³/mol. The van der Waals surface area contributed by atoms with E-state index in [1.807, 2.05) is 18.2 Å². The van der Waals surface area contributed by atoms with Crippen LogP contribution in [-0.2, 0) is 20.9 Å². The number of fused-ring (bicyclic) bond motifs is 1. The van der Waals surface area contributed by atoms with Gasteiger partial charge in [-0.3, -0.25) is 14.4 Å². The van der Waals surface area contributed by atoms with Crippen molar-refractivity contribution in [3.63, 3.8) is 0 Å². The first-order valence-electron chi connectivity index (χ1n) is 12.8. The highest BCUT2D eigenvalue weighted by molar-refractivity contribution is 5.93. The van der Waals surface area contributed by atoms with Crippen molar-refractivity contribution in [2.75, 3.05) is 13.2 Å². The predicted octanol–water partition coefficient (Wildman–Crippen LogP) is 4.34. The maximum absolute atomic E-state index is 13.2. The molecule has 1 atom stereocenters. The molecule has 1 aliphatic heterocycles. The Kier molecular flexibility index (Phi) is 8.30. The van der Waals surface area contributed by atoms with Crippen LogP contribution in [0.3, 0.4) is 0 Å². The van der Waals surface area contributed by atoms with Crippen LogP contribution in [-0.4, -0.2) is 31.3 Å². The molecule has 1 aromatic heterocycles. The van der Waals surface area contributed by atoms with Crippen LogP contribution in [0.2, 0.25) is 0 Å². The van der Waals surface area contributed by atoms with Gasteiger partial charge in [0, 0.05) is 30.7 Å². The number of rotatable bonds is 9. The van der Waals surface area contributed by atoms with Crippen LogP contribution in [0.25, 0.3) is 22.3 Å². The molecule has 0 aliphatic carbocycles. The lowest BCUT2D eigenvalue weighted by atomic mass is 10.1. The molecule has 39 heavy (non-hydrogen) atoms. The molecule has 2 amide bonds. The molecular weight excluding hydrogens is 500 g/mol. The second kappa shape index (κ2) is 12.4. The van der Waals surface area contributed by atoms with E-state index in [9.17, 15) is 14.4 Å². The molecule has 0 bridgehead atoms. The molecule has 1 saturated heterocycles. The summed E-state index contributed by atoms with van der Waals surface area (Å²) in [5, 5.41) is 3.13. The molecule has 200 valence electrons. The second-order valence-corrected chi connectivity index (χ2v) is 9.06. The van der Waals surface area contributed by atoms with E-state index in [2.05, 4.69) is 10.8 Å². The van der Waals surface area contributed by atoms with Crippen molar-refractivity contribution in [1.82, 2.24) is 10.8 Å². The summed E-state index contributed by atoms with van der Waals surface area (Å²) in [6.07, 6.45) is 2.30. The van der Waals surface area contributed by atoms with Gasteiger partial charge in [-0.25, -0.2) is 10.3 Å². The Bertz CT molecular complexity index is 1490. The summed E-state index contributed by atoms with van der Waals surface area (Å²) in [4.78, 5) is 43.4. The minimum Gasteiger partial charge on any atom is -0.476 e. The number of nitrogens with one attached hydrogen (secondary N) is 2. The zero-order chi connectivity index (χ0) is 27.0. The Morgan fingerprint density at radius 2 is 1.69 bits per heavy atom. The van der Waals surface area contributed by atoms with Gasteiger partial charge < -0.3 is 19.2 Å². The van der Waals surface area contributed by atoms with E-state index in [1.165, 1.54) is 0 Å². The fourth-order valence-corrected chi connectivity index (χ4v) is 4.18. The maximum atomic E-state index is 13.2. The molecule has 5 rings (SSSR count). The van der Waals surface area contributed by atoms with Gasteiger partial charge in [0.15, 0.2) is 18.7 Å². The van der Waals surface area contributed by atoms with Crippen LogP contribution in [0.15, 0.2) is 88.1 Å². The largest absolute Gasteiger partial charge is 0.476 e. The second-order valence-electron chi connectivity index (χ2n) is 9.06. The lowest BCUT2D eigenvalue weighted by Gasteiger charge is -2.22. The molecule has 1 unspecified atom stereocenters. The zero-order valence-electron chi connectivity index (χ0n) is 21.2. The fraction of sp³-hybridized carbons (Fsp3) is 0.233. The van der Waals surface area contributed by atoms with Crippen molar-refractivity contribution in [2.24, 2.45) is 0 Å². The Labute approximate surface area is 224 Å². The van der Waals surface area contributed by atoms with Crippen molar-refractivity contribution in [3.05, 3.63) is 100 Å². The van der Waals surface area contributed by atoms with E-state index in [1.54, 1.807) is 60.7 Å². The van der Waals surface area contributed by atoms with Crippen molar-refractivity contribution in [2.45, 2.75) is 32.1 Å². The molecule has 2 heterocycles. The average Bonchev–Trinajstić information content (AvgIpc) is 2.99. The standard InChI is InChI=1S/C30H28N2O7/c33-25(31-18-20-13-15-22(16-14-20)30(35)32-39-26-12-6-7-17-36-26)19-37-29-27(34)23-10-4-5-11-24(23)38-28(29)21-8-2-1-3-9-21/h1-5,8-11,13-16,26H,6-7,12,17-19H2,(H,31,33)(H,32,35). The summed E-state index contributed by atoms with van der Waals surface area (Å²) in [5.74, 6) is -0.549. The van der Waals surface area contributed by atoms with Gasteiger partial charge in [0.1, 0.15) is 5.58 Å². The van der Waals surface area contributed by atoms with E-state index in [-0.39, 0.29) is 36.0 Å². The number of para-hydroxylation sites is 1. The van der Waals surface area contributed by atoms with Gasteiger partial charge >= 0.3 is 0 Å². The van der Waals surface area contributed by atoms with Crippen LogP contribution < -0.4 is 21.0 Å². The van der Waals surface area contributed by atoms with Crippen molar-refractivity contribution < 1.29 is 28.3 Å². The van der Waals surface area contributed by atoms with Gasteiger partial charge in [-0.15, -0.1) is 0 Å². The van der Waals surface area contributed by atoms with E-state index in [0.717, 1.165) is 24.8 Å². The molecule has 0 saturated carbocycles. The number of hydrogen-bond donors (Lipinski definition) is 2. The minimum absolute atomic E-state index is 0.0220. The molecule has 3 aromatic carbocycles. The lowest BCUT2D eigenvalue weighted by molar-refractivity contribution is -0.186. The summed E-state index contributed by atoms with van der Waals surface area (Å²) in [5.41, 5.74) is 4.37. The number of hydrogen-bond acceptors (Lipinski definition) is 7. The summed E-state index contributed by atoms with van der Waals surface area (Å²) in [7, 11) is 0. The molecule has 9 heteroatoms. The fourth-order valence-electron chi connectivity index (χ4n) is 4.18. The van der Waals surface area contributed by atoms with Crippen LogP contribution in [0.1, 0.15) is 35.2 Å². The number of carbonyl (C=O) groups is 2. The van der Waals surface area contributed by atoms with E-state index in [4.69, 9.17) is 18.7 Å². The summed E-state index contributed by atoms with van der Waals surface area (Å²) in [6.45, 7) is 0.466. The van der Waals surface area contributed by atoms with Gasteiger partial charge in [0.05, 0.1) is 5.39 Å². The Balaban J connectivity index is 1.18. The third-order valence-electron chi connectivity index (χ3n) is 6.27.